The monoisotopic (exact) mass is 492 g/mol. The Morgan fingerprint density at radius 1 is 0.970 bits per heavy atom. The fourth-order valence-corrected chi connectivity index (χ4v) is 4.23. The second-order valence-corrected chi connectivity index (χ2v) is 8.78. The van der Waals surface area contributed by atoms with E-state index < -0.39 is 20.8 Å². The molecule has 0 aliphatic carbocycles. The van der Waals surface area contributed by atoms with Crippen molar-refractivity contribution in [3.8, 4) is 17.2 Å². The van der Waals surface area contributed by atoms with Crippen LogP contribution in [0, 0.1) is 0 Å². The van der Waals surface area contributed by atoms with Gasteiger partial charge < -0.3 is 9.47 Å². The van der Waals surface area contributed by atoms with E-state index >= 15 is 0 Å². The van der Waals surface area contributed by atoms with E-state index in [9.17, 15) is 17.8 Å². The Bertz CT molecular complexity index is 1240. The summed E-state index contributed by atoms with van der Waals surface area (Å²) in [7, 11) is -3.20. The highest BCUT2D eigenvalue weighted by atomic mass is 32.2. The van der Waals surface area contributed by atoms with E-state index in [-0.39, 0.29) is 16.9 Å². The van der Waals surface area contributed by atoms with Crippen molar-refractivity contribution in [2.45, 2.75) is 23.1 Å². The number of rotatable bonds is 10. The lowest BCUT2D eigenvalue weighted by Crippen LogP contribution is -2.07. The van der Waals surface area contributed by atoms with E-state index in [1.54, 1.807) is 36.4 Å². The SMILES string of the molecule is CCc1ccc(C(=O)c2ccc(Oc3ccc(OC)cc3)c(S(=O)(=O)O)c2)cc1SOOO. The zero-order valence-corrected chi connectivity index (χ0v) is 19.2. The van der Waals surface area contributed by atoms with Crippen LogP contribution in [0.4, 0.5) is 0 Å². The van der Waals surface area contributed by atoms with E-state index in [2.05, 4.69) is 9.37 Å². The lowest BCUT2D eigenvalue weighted by atomic mass is 10.0. The molecule has 0 bridgehead atoms. The summed E-state index contributed by atoms with van der Waals surface area (Å²) in [6, 6.07) is 14.9. The van der Waals surface area contributed by atoms with Crippen molar-refractivity contribution in [2.75, 3.05) is 7.11 Å². The van der Waals surface area contributed by atoms with Gasteiger partial charge in [-0.05, 0) is 60.5 Å². The Kier molecular flexibility index (Phi) is 8.08. The minimum Gasteiger partial charge on any atom is -0.497 e. The number of hydrogen-bond donors (Lipinski definition) is 2. The molecule has 0 saturated heterocycles. The van der Waals surface area contributed by atoms with Gasteiger partial charge in [-0.2, -0.15) is 8.42 Å². The van der Waals surface area contributed by atoms with Crippen LogP contribution in [0.15, 0.2) is 70.5 Å². The molecule has 0 heterocycles. The highest BCUT2D eigenvalue weighted by molar-refractivity contribution is 7.94. The molecule has 0 radical (unpaired) electrons. The van der Waals surface area contributed by atoms with Gasteiger partial charge in [-0.1, -0.05) is 24.1 Å². The first-order valence-electron chi connectivity index (χ1n) is 9.52. The molecule has 0 spiro atoms. The van der Waals surface area contributed by atoms with Crippen LogP contribution in [0.25, 0.3) is 0 Å². The molecule has 3 rings (SSSR count). The summed E-state index contributed by atoms with van der Waals surface area (Å²) in [5, 5.41) is 12.0. The van der Waals surface area contributed by atoms with Gasteiger partial charge in [0.25, 0.3) is 10.1 Å². The molecule has 0 aliphatic rings. The van der Waals surface area contributed by atoms with E-state index in [0.717, 1.165) is 23.7 Å². The van der Waals surface area contributed by atoms with E-state index in [1.165, 1.54) is 25.3 Å². The summed E-state index contributed by atoms with van der Waals surface area (Å²) in [6.45, 7) is 1.90. The quantitative estimate of drug-likeness (QED) is 0.132. The summed E-state index contributed by atoms with van der Waals surface area (Å²) in [5.41, 5.74) is 1.10. The van der Waals surface area contributed by atoms with Gasteiger partial charge in [-0.15, -0.1) is 4.33 Å². The van der Waals surface area contributed by atoms with Crippen molar-refractivity contribution in [1.29, 1.82) is 0 Å². The standard InChI is InChI=1S/C22H20O9S2/c1-3-14-4-5-15(12-20(14)32-31-30-24)22(23)16-6-11-19(21(13-16)33(25,26)27)29-18-9-7-17(28-2)8-10-18/h4-13,24H,3H2,1-2H3,(H,25,26,27). The molecule has 0 amide bonds. The Morgan fingerprint density at radius 2 is 1.61 bits per heavy atom. The number of hydrogen-bond acceptors (Lipinski definition) is 9. The van der Waals surface area contributed by atoms with Crippen molar-refractivity contribution in [2.24, 2.45) is 0 Å². The lowest BCUT2D eigenvalue weighted by molar-refractivity contribution is -0.432. The zero-order valence-electron chi connectivity index (χ0n) is 17.5. The summed E-state index contributed by atoms with van der Waals surface area (Å²) < 4.78 is 48.9. The van der Waals surface area contributed by atoms with E-state index in [0.29, 0.717) is 22.8 Å². The molecule has 3 aromatic carbocycles. The highest BCUT2D eigenvalue weighted by Gasteiger charge is 2.21. The number of methoxy groups -OCH3 is 1. The molecule has 0 saturated carbocycles. The largest absolute Gasteiger partial charge is 0.497 e. The fourth-order valence-electron chi connectivity index (χ4n) is 2.99. The average molecular weight is 493 g/mol. The Hall–Kier alpha value is -2.93. The molecule has 9 nitrogen and oxygen atoms in total. The summed E-state index contributed by atoms with van der Waals surface area (Å²) in [6.07, 6.45) is 0.635. The predicted molar refractivity (Wildman–Crippen MR) is 119 cm³/mol. The van der Waals surface area contributed by atoms with Crippen LogP contribution in [-0.4, -0.2) is 31.1 Å². The molecule has 2 N–H and O–H groups in total. The van der Waals surface area contributed by atoms with Gasteiger partial charge >= 0.3 is 0 Å². The number of carbonyl (C=O) groups excluding carboxylic acids is 1. The predicted octanol–water partition coefficient (Wildman–Crippen LogP) is 4.96. The van der Waals surface area contributed by atoms with Crippen LogP contribution in [0.1, 0.15) is 28.4 Å². The van der Waals surface area contributed by atoms with E-state index in [1.807, 2.05) is 6.92 Å². The van der Waals surface area contributed by atoms with Gasteiger partial charge in [-0.25, -0.2) is 5.26 Å². The second-order valence-electron chi connectivity index (χ2n) is 6.65. The van der Waals surface area contributed by atoms with Crippen LogP contribution >= 0.6 is 12.0 Å². The highest BCUT2D eigenvalue weighted by Crippen LogP contribution is 2.32. The maximum atomic E-state index is 13.0. The molecular weight excluding hydrogens is 472 g/mol. The van der Waals surface area contributed by atoms with Crippen LogP contribution in [0.3, 0.4) is 0 Å². The molecule has 0 fully saturated rings. The molecule has 0 unspecified atom stereocenters. The topological polar surface area (TPSA) is 129 Å². The second kappa shape index (κ2) is 10.8. The summed E-state index contributed by atoms with van der Waals surface area (Å²) in [4.78, 5) is 13.0. The van der Waals surface area contributed by atoms with Gasteiger partial charge in [0.2, 0.25) is 0 Å². The van der Waals surface area contributed by atoms with E-state index in [4.69, 9.17) is 14.7 Å². The van der Waals surface area contributed by atoms with Crippen molar-refractivity contribution >= 4 is 27.9 Å². The lowest BCUT2D eigenvalue weighted by Gasteiger charge is -2.12. The maximum Gasteiger partial charge on any atom is 0.298 e. The number of ether oxygens (including phenoxy) is 2. The van der Waals surface area contributed by atoms with Gasteiger partial charge in [0.15, 0.2) is 5.78 Å². The molecule has 0 aliphatic heterocycles. The van der Waals surface area contributed by atoms with Crippen LogP contribution in [0.2, 0.25) is 0 Å². The van der Waals surface area contributed by atoms with Crippen molar-refractivity contribution in [3.05, 3.63) is 77.4 Å². The first-order valence-corrected chi connectivity index (χ1v) is 11.7. The summed E-state index contributed by atoms with van der Waals surface area (Å²) >= 11 is 0.723. The molecule has 174 valence electrons. The molecular formula is C22H20O9S2. The number of carbonyl (C=O) groups is 1. The minimum absolute atomic E-state index is 0.0178. The van der Waals surface area contributed by atoms with Crippen molar-refractivity contribution < 1.29 is 41.9 Å². The minimum atomic E-state index is -4.71. The number of ketones is 1. The van der Waals surface area contributed by atoms with Gasteiger partial charge in [0.05, 0.1) is 19.2 Å². The molecule has 3 aromatic rings. The Morgan fingerprint density at radius 3 is 2.21 bits per heavy atom. The zero-order chi connectivity index (χ0) is 24.0. The summed E-state index contributed by atoms with van der Waals surface area (Å²) in [5.74, 6) is 0.249. The normalized spacial score (nSPS) is 11.3. The molecule has 11 heteroatoms. The van der Waals surface area contributed by atoms with Crippen LogP contribution in [0.5, 0.6) is 17.2 Å². The first-order chi connectivity index (χ1) is 15.8. The van der Waals surface area contributed by atoms with Crippen LogP contribution < -0.4 is 9.47 Å². The third kappa shape index (κ3) is 6.11. The number of benzene rings is 3. The Balaban J connectivity index is 1.96. The third-order valence-corrected chi connectivity index (χ3v) is 6.20. The molecule has 0 aromatic heterocycles. The molecule has 0 atom stereocenters. The Labute approximate surface area is 194 Å². The van der Waals surface area contributed by atoms with Gasteiger partial charge in [-0.3, -0.25) is 9.35 Å². The fraction of sp³-hybridized carbons (Fsp3) is 0.136. The van der Waals surface area contributed by atoms with Gasteiger partial charge in [0.1, 0.15) is 22.1 Å². The van der Waals surface area contributed by atoms with Crippen molar-refractivity contribution in [1.82, 2.24) is 0 Å². The number of aryl methyl sites for hydroxylation is 1. The van der Waals surface area contributed by atoms with Crippen molar-refractivity contribution in [3.63, 3.8) is 0 Å². The first kappa shape index (κ1) is 24.7. The third-order valence-electron chi connectivity index (χ3n) is 4.64. The van der Waals surface area contributed by atoms with Gasteiger partial charge in [0, 0.05) is 16.0 Å². The average Bonchev–Trinajstić information content (AvgIpc) is 2.82. The smallest absolute Gasteiger partial charge is 0.298 e. The van der Waals surface area contributed by atoms with Crippen LogP contribution in [-0.2, 0) is 25.9 Å². The molecule has 33 heavy (non-hydrogen) atoms. The maximum absolute atomic E-state index is 13.0.